The standard InChI is InChI=1S/C14H22N2O4/c17-13(11-1-5-15-6-2-11)19-9-10-20-14(18)12-3-7-16-8-4-12/h1,12,15-16H,2-10H2. The molecule has 6 heteroatoms. The van der Waals surface area contributed by atoms with Gasteiger partial charge in [-0.2, -0.15) is 0 Å². The number of nitrogens with one attached hydrogen (secondary N) is 2. The van der Waals surface area contributed by atoms with Crippen molar-refractivity contribution < 1.29 is 19.1 Å². The van der Waals surface area contributed by atoms with Gasteiger partial charge in [-0.25, -0.2) is 4.79 Å². The third kappa shape index (κ3) is 4.61. The topological polar surface area (TPSA) is 76.7 Å². The molecule has 1 fully saturated rings. The first-order valence-electron chi connectivity index (χ1n) is 7.21. The van der Waals surface area contributed by atoms with Crippen LogP contribution in [0.5, 0.6) is 0 Å². The van der Waals surface area contributed by atoms with Gasteiger partial charge < -0.3 is 20.1 Å². The molecular formula is C14H22N2O4. The van der Waals surface area contributed by atoms with E-state index in [1.807, 2.05) is 6.08 Å². The highest BCUT2D eigenvalue weighted by Gasteiger charge is 2.22. The molecule has 0 amide bonds. The summed E-state index contributed by atoms with van der Waals surface area (Å²) in [4.78, 5) is 23.4. The molecule has 0 aromatic heterocycles. The van der Waals surface area contributed by atoms with Gasteiger partial charge >= 0.3 is 11.9 Å². The van der Waals surface area contributed by atoms with Gasteiger partial charge in [-0.3, -0.25) is 4.79 Å². The van der Waals surface area contributed by atoms with Crippen molar-refractivity contribution in [2.24, 2.45) is 5.92 Å². The lowest BCUT2D eigenvalue weighted by Gasteiger charge is -2.21. The Kier molecular flexibility index (Phi) is 6.01. The van der Waals surface area contributed by atoms with Gasteiger partial charge in [0.2, 0.25) is 0 Å². The lowest BCUT2D eigenvalue weighted by atomic mass is 9.99. The summed E-state index contributed by atoms with van der Waals surface area (Å²) in [6.45, 7) is 3.48. The van der Waals surface area contributed by atoms with Crippen molar-refractivity contribution in [3.05, 3.63) is 11.6 Å². The maximum atomic E-state index is 11.7. The molecule has 6 nitrogen and oxygen atoms in total. The molecule has 0 atom stereocenters. The van der Waals surface area contributed by atoms with Crippen LogP contribution in [0.25, 0.3) is 0 Å². The van der Waals surface area contributed by atoms with Crippen molar-refractivity contribution in [3.63, 3.8) is 0 Å². The fraction of sp³-hybridized carbons (Fsp3) is 0.714. The van der Waals surface area contributed by atoms with Crippen LogP contribution in [-0.2, 0) is 19.1 Å². The van der Waals surface area contributed by atoms with Crippen LogP contribution in [0.1, 0.15) is 19.3 Å². The van der Waals surface area contributed by atoms with E-state index in [0.29, 0.717) is 18.5 Å². The minimum absolute atomic E-state index is 0.0147. The van der Waals surface area contributed by atoms with E-state index in [1.54, 1.807) is 0 Å². The minimum Gasteiger partial charge on any atom is -0.462 e. The Labute approximate surface area is 118 Å². The Morgan fingerprint density at radius 2 is 1.85 bits per heavy atom. The van der Waals surface area contributed by atoms with Crippen molar-refractivity contribution in [2.45, 2.75) is 19.3 Å². The highest BCUT2D eigenvalue weighted by Crippen LogP contribution is 2.13. The summed E-state index contributed by atoms with van der Waals surface area (Å²) < 4.78 is 10.2. The molecule has 0 radical (unpaired) electrons. The Bertz CT molecular complexity index is 375. The molecule has 2 rings (SSSR count). The molecule has 0 spiro atoms. The van der Waals surface area contributed by atoms with Gasteiger partial charge in [0, 0.05) is 12.1 Å². The monoisotopic (exact) mass is 282 g/mol. The van der Waals surface area contributed by atoms with Crippen molar-refractivity contribution in [2.75, 3.05) is 39.4 Å². The van der Waals surface area contributed by atoms with E-state index in [9.17, 15) is 9.59 Å². The smallest absolute Gasteiger partial charge is 0.333 e. The van der Waals surface area contributed by atoms with Gasteiger partial charge in [-0.1, -0.05) is 6.08 Å². The maximum absolute atomic E-state index is 11.7. The Balaban J connectivity index is 1.59. The molecule has 0 saturated carbocycles. The molecule has 112 valence electrons. The average Bonchev–Trinajstić information content (AvgIpc) is 2.53. The van der Waals surface area contributed by atoms with Crippen LogP contribution in [0, 0.1) is 5.92 Å². The largest absolute Gasteiger partial charge is 0.462 e. The number of carbonyl (C=O) groups is 2. The lowest BCUT2D eigenvalue weighted by molar-refractivity contribution is -0.154. The summed E-state index contributed by atoms with van der Waals surface area (Å²) in [7, 11) is 0. The maximum Gasteiger partial charge on any atom is 0.333 e. The number of carbonyl (C=O) groups excluding carboxylic acids is 2. The predicted octanol–water partition coefficient (Wildman–Crippen LogP) is -0.00790. The zero-order valence-electron chi connectivity index (χ0n) is 11.7. The van der Waals surface area contributed by atoms with E-state index in [2.05, 4.69) is 10.6 Å². The quantitative estimate of drug-likeness (QED) is 0.546. The normalized spacial score (nSPS) is 20.1. The molecular weight excluding hydrogens is 260 g/mol. The molecule has 0 aliphatic carbocycles. The van der Waals surface area contributed by atoms with Crippen LogP contribution >= 0.6 is 0 Å². The average molecular weight is 282 g/mol. The molecule has 0 unspecified atom stereocenters. The Morgan fingerprint density at radius 3 is 2.55 bits per heavy atom. The molecule has 20 heavy (non-hydrogen) atoms. The number of esters is 2. The van der Waals surface area contributed by atoms with Crippen molar-refractivity contribution >= 4 is 11.9 Å². The highest BCUT2D eigenvalue weighted by molar-refractivity contribution is 5.88. The van der Waals surface area contributed by atoms with E-state index in [1.165, 1.54) is 0 Å². The predicted molar refractivity (Wildman–Crippen MR) is 73.1 cm³/mol. The number of ether oxygens (including phenoxy) is 2. The zero-order chi connectivity index (χ0) is 14.2. The van der Waals surface area contributed by atoms with Gasteiger partial charge in [0.15, 0.2) is 0 Å². The summed E-state index contributed by atoms with van der Waals surface area (Å²) in [5, 5.41) is 6.33. The Hall–Kier alpha value is -1.40. The van der Waals surface area contributed by atoms with Crippen LogP contribution in [0.15, 0.2) is 11.6 Å². The molecule has 0 aromatic carbocycles. The van der Waals surface area contributed by atoms with Gasteiger partial charge in [0.1, 0.15) is 13.2 Å². The van der Waals surface area contributed by atoms with E-state index in [0.717, 1.165) is 32.5 Å². The first-order valence-corrected chi connectivity index (χ1v) is 7.21. The van der Waals surface area contributed by atoms with Crippen molar-refractivity contribution in [1.82, 2.24) is 10.6 Å². The van der Waals surface area contributed by atoms with Gasteiger partial charge in [0.05, 0.1) is 5.92 Å². The summed E-state index contributed by atoms with van der Waals surface area (Å²) in [5.74, 6) is -0.493. The number of hydrogen-bond acceptors (Lipinski definition) is 6. The molecule has 1 saturated heterocycles. The Morgan fingerprint density at radius 1 is 1.10 bits per heavy atom. The summed E-state index contributed by atoms with van der Waals surface area (Å²) in [5.41, 5.74) is 0.702. The summed E-state index contributed by atoms with van der Waals surface area (Å²) in [6, 6.07) is 0. The van der Waals surface area contributed by atoms with E-state index < -0.39 is 0 Å². The van der Waals surface area contributed by atoms with Crippen LogP contribution in [0.3, 0.4) is 0 Å². The molecule has 2 aliphatic heterocycles. The number of piperidine rings is 1. The van der Waals surface area contributed by atoms with Crippen LogP contribution < -0.4 is 10.6 Å². The SMILES string of the molecule is O=C(OCCOC(=O)C1CCNCC1)C1=CCNCC1. The third-order valence-corrected chi connectivity index (χ3v) is 3.56. The fourth-order valence-corrected chi connectivity index (χ4v) is 2.35. The molecule has 2 aliphatic rings. The second kappa shape index (κ2) is 8.01. The highest BCUT2D eigenvalue weighted by atomic mass is 16.6. The van der Waals surface area contributed by atoms with Crippen LogP contribution in [0.2, 0.25) is 0 Å². The summed E-state index contributed by atoms with van der Waals surface area (Å²) >= 11 is 0. The second-order valence-corrected chi connectivity index (χ2v) is 5.01. The van der Waals surface area contributed by atoms with Crippen LogP contribution in [-0.4, -0.2) is 51.3 Å². The van der Waals surface area contributed by atoms with Crippen molar-refractivity contribution in [1.29, 1.82) is 0 Å². The molecule has 0 bridgehead atoms. The molecule has 2 heterocycles. The van der Waals surface area contributed by atoms with Gasteiger partial charge in [-0.15, -0.1) is 0 Å². The van der Waals surface area contributed by atoms with E-state index in [4.69, 9.17) is 9.47 Å². The lowest BCUT2D eigenvalue weighted by Crippen LogP contribution is -2.33. The van der Waals surface area contributed by atoms with Gasteiger partial charge in [-0.05, 0) is 38.9 Å². The third-order valence-electron chi connectivity index (χ3n) is 3.56. The molecule has 2 N–H and O–H groups in total. The fourth-order valence-electron chi connectivity index (χ4n) is 2.35. The molecule has 0 aromatic rings. The minimum atomic E-state index is -0.301. The first-order chi connectivity index (χ1) is 9.77. The van der Waals surface area contributed by atoms with Gasteiger partial charge in [0.25, 0.3) is 0 Å². The van der Waals surface area contributed by atoms with E-state index >= 15 is 0 Å². The summed E-state index contributed by atoms with van der Waals surface area (Å²) in [6.07, 6.45) is 4.16. The second-order valence-electron chi connectivity index (χ2n) is 5.01. The zero-order valence-corrected chi connectivity index (χ0v) is 11.7. The first kappa shape index (κ1) is 15.0. The number of rotatable bonds is 5. The van der Waals surface area contributed by atoms with E-state index in [-0.39, 0.29) is 31.1 Å². The number of hydrogen-bond donors (Lipinski definition) is 2. The van der Waals surface area contributed by atoms with Crippen LogP contribution in [0.4, 0.5) is 0 Å². The van der Waals surface area contributed by atoms with Crippen molar-refractivity contribution in [3.8, 4) is 0 Å².